The Balaban J connectivity index is 1.42. The molecule has 0 N–H and O–H groups in total. The van der Waals surface area contributed by atoms with Crippen LogP contribution < -0.4 is 0 Å². The van der Waals surface area contributed by atoms with Crippen LogP contribution in [0.2, 0.25) is 0 Å². The van der Waals surface area contributed by atoms with Crippen molar-refractivity contribution in [3.05, 3.63) is 23.0 Å². The SMILES string of the molecule is Cn1nnc2c1[C@@H](COCC1CC1)CN(C(=O)CC1=CCCCC1)C2. The predicted molar refractivity (Wildman–Crippen MR) is 93.9 cm³/mol. The van der Waals surface area contributed by atoms with E-state index in [1.807, 2.05) is 16.6 Å². The minimum atomic E-state index is 0.173. The van der Waals surface area contributed by atoms with Crippen molar-refractivity contribution >= 4 is 5.91 Å². The van der Waals surface area contributed by atoms with E-state index in [-0.39, 0.29) is 11.8 Å². The van der Waals surface area contributed by atoms with E-state index in [9.17, 15) is 4.79 Å². The standard InChI is InChI=1S/C19H28N4O2/c1-22-19-16(13-25-12-15-7-8-15)10-23(11-17(19)20-21-22)18(24)9-14-5-3-2-4-6-14/h5,15-16H,2-4,6-13H2,1H3/t16-/m1/s1. The molecular formula is C19H28N4O2. The summed E-state index contributed by atoms with van der Waals surface area (Å²) in [5.41, 5.74) is 3.37. The third-order valence-corrected chi connectivity index (χ3v) is 5.60. The molecule has 2 heterocycles. The highest BCUT2D eigenvalue weighted by Gasteiger charge is 2.33. The minimum absolute atomic E-state index is 0.173. The fraction of sp³-hybridized carbons (Fsp3) is 0.737. The van der Waals surface area contributed by atoms with E-state index in [2.05, 4.69) is 16.4 Å². The zero-order chi connectivity index (χ0) is 17.2. The molecule has 25 heavy (non-hydrogen) atoms. The molecule has 1 fully saturated rings. The molecule has 0 spiro atoms. The first-order valence-electron chi connectivity index (χ1n) is 9.62. The quantitative estimate of drug-likeness (QED) is 0.744. The Bertz CT molecular complexity index is 662. The van der Waals surface area contributed by atoms with E-state index in [0.717, 1.165) is 36.8 Å². The second kappa shape index (κ2) is 7.28. The average Bonchev–Trinajstić information content (AvgIpc) is 3.37. The van der Waals surface area contributed by atoms with E-state index in [1.54, 1.807) is 0 Å². The highest BCUT2D eigenvalue weighted by Crippen LogP contribution is 2.31. The molecule has 1 saturated carbocycles. The van der Waals surface area contributed by atoms with Crippen molar-refractivity contribution in [2.75, 3.05) is 19.8 Å². The molecule has 1 atom stereocenters. The largest absolute Gasteiger partial charge is 0.380 e. The number of allylic oxidation sites excluding steroid dienone is 1. The van der Waals surface area contributed by atoms with Gasteiger partial charge in [0, 0.05) is 32.5 Å². The van der Waals surface area contributed by atoms with Crippen molar-refractivity contribution in [2.24, 2.45) is 13.0 Å². The van der Waals surface area contributed by atoms with E-state index < -0.39 is 0 Å². The second-order valence-electron chi connectivity index (χ2n) is 7.78. The Kier molecular flexibility index (Phi) is 4.88. The van der Waals surface area contributed by atoms with Gasteiger partial charge < -0.3 is 9.64 Å². The highest BCUT2D eigenvalue weighted by atomic mass is 16.5. The van der Waals surface area contributed by atoms with Gasteiger partial charge >= 0.3 is 0 Å². The molecule has 1 amide bonds. The summed E-state index contributed by atoms with van der Waals surface area (Å²) in [5.74, 6) is 1.15. The molecule has 136 valence electrons. The van der Waals surface area contributed by atoms with Crippen molar-refractivity contribution in [3.8, 4) is 0 Å². The van der Waals surface area contributed by atoms with Gasteiger partial charge in [0.2, 0.25) is 5.91 Å². The monoisotopic (exact) mass is 344 g/mol. The highest BCUT2D eigenvalue weighted by molar-refractivity contribution is 5.79. The average molecular weight is 344 g/mol. The lowest BCUT2D eigenvalue weighted by Gasteiger charge is -2.32. The number of aromatic nitrogens is 3. The van der Waals surface area contributed by atoms with Gasteiger partial charge in [-0.3, -0.25) is 9.48 Å². The third kappa shape index (κ3) is 3.94. The Labute approximate surface area is 149 Å². The van der Waals surface area contributed by atoms with Crippen molar-refractivity contribution < 1.29 is 9.53 Å². The topological polar surface area (TPSA) is 60.2 Å². The lowest BCUT2D eigenvalue weighted by Crippen LogP contribution is -2.40. The van der Waals surface area contributed by atoms with Gasteiger partial charge in [-0.15, -0.1) is 5.10 Å². The number of ether oxygens (including phenoxy) is 1. The van der Waals surface area contributed by atoms with Crippen molar-refractivity contribution in [3.63, 3.8) is 0 Å². The second-order valence-corrected chi connectivity index (χ2v) is 7.78. The van der Waals surface area contributed by atoms with Crippen molar-refractivity contribution in [2.45, 2.75) is 57.4 Å². The molecule has 6 nitrogen and oxygen atoms in total. The number of hydrogen-bond donors (Lipinski definition) is 0. The Hall–Kier alpha value is -1.69. The van der Waals surface area contributed by atoms with Gasteiger partial charge in [-0.1, -0.05) is 16.9 Å². The summed E-state index contributed by atoms with van der Waals surface area (Å²) in [7, 11) is 1.93. The molecule has 0 aromatic carbocycles. The van der Waals surface area contributed by atoms with Crippen LogP contribution in [0.1, 0.15) is 62.3 Å². The van der Waals surface area contributed by atoms with Crippen molar-refractivity contribution in [1.29, 1.82) is 0 Å². The smallest absolute Gasteiger partial charge is 0.227 e. The third-order valence-electron chi connectivity index (χ3n) is 5.60. The molecule has 0 bridgehead atoms. The maximum Gasteiger partial charge on any atom is 0.227 e. The minimum Gasteiger partial charge on any atom is -0.380 e. The van der Waals surface area contributed by atoms with Crippen LogP contribution in [-0.4, -0.2) is 45.6 Å². The molecule has 1 aromatic rings. The molecule has 0 unspecified atom stereocenters. The van der Waals surface area contributed by atoms with Gasteiger partial charge in [0.25, 0.3) is 0 Å². The number of nitrogens with zero attached hydrogens (tertiary/aromatic N) is 4. The maximum atomic E-state index is 12.8. The molecule has 0 radical (unpaired) electrons. The lowest BCUT2D eigenvalue weighted by molar-refractivity contribution is -0.132. The van der Waals surface area contributed by atoms with Crippen LogP contribution in [0.25, 0.3) is 0 Å². The summed E-state index contributed by atoms with van der Waals surface area (Å²) in [6.07, 6.45) is 10.1. The van der Waals surface area contributed by atoms with Gasteiger partial charge in [0.1, 0.15) is 5.69 Å². The molecule has 0 saturated heterocycles. The number of carbonyl (C=O) groups is 1. The van der Waals surface area contributed by atoms with Gasteiger partial charge in [-0.25, -0.2) is 0 Å². The van der Waals surface area contributed by atoms with Gasteiger partial charge in [-0.2, -0.15) is 0 Å². The van der Waals surface area contributed by atoms with Crippen LogP contribution in [0.5, 0.6) is 0 Å². The predicted octanol–water partition coefficient (Wildman–Crippen LogP) is 2.56. The van der Waals surface area contributed by atoms with Crippen LogP contribution in [-0.2, 0) is 23.1 Å². The maximum absolute atomic E-state index is 12.8. The van der Waals surface area contributed by atoms with Crippen LogP contribution in [0.4, 0.5) is 0 Å². The molecule has 1 aromatic heterocycles. The van der Waals surface area contributed by atoms with Gasteiger partial charge in [0.05, 0.1) is 18.8 Å². The summed E-state index contributed by atoms with van der Waals surface area (Å²) >= 11 is 0. The first-order valence-corrected chi connectivity index (χ1v) is 9.62. The van der Waals surface area contributed by atoms with E-state index in [4.69, 9.17) is 4.74 Å². The van der Waals surface area contributed by atoms with E-state index in [0.29, 0.717) is 26.1 Å². The van der Waals surface area contributed by atoms with Crippen LogP contribution in [0, 0.1) is 5.92 Å². The summed E-state index contributed by atoms with van der Waals surface area (Å²) in [5, 5.41) is 8.47. The lowest BCUT2D eigenvalue weighted by atomic mass is 9.95. The van der Waals surface area contributed by atoms with Crippen LogP contribution >= 0.6 is 0 Å². The molecule has 3 aliphatic rings. The van der Waals surface area contributed by atoms with Gasteiger partial charge in [-0.05, 0) is 44.4 Å². The Morgan fingerprint density at radius 2 is 2.20 bits per heavy atom. The van der Waals surface area contributed by atoms with Gasteiger partial charge in [0.15, 0.2) is 0 Å². The first kappa shape index (κ1) is 16.8. The summed E-state index contributed by atoms with van der Waals surface area (Å²) in [6.45, 7) is 2.79. The Morgan fingerprint density at radius 1 is 1.32 bits per heavy atom. The molecular weight excluding hydrogens is 316 g/mol. The fourth-order valence-electron chi connectivity index (χ4n) is 3.97. The number of hydrogen-bond acceptors (Lipinski definition) is 4. The van der Waals surface area contributed by atoms with Crippen molar-refractivity contribution in [1.82, 2.24) is 19.9 Å². The summed E-state index contributed by atoms with van der Waals surface area (Å²) in [6, 6.07) is 0. The van der Waals surface area contributed by atoms with Crippen LogP contribution in [0.3, 0.4) is 0 Å². The molecule has 1 aliphatic heterocycles. The first-order chi connectivity index (χ1) is 12.2. The van der Waals surface area contributed by atoms with E-state index in [1.165, 1.54) is 31.3 Å². The molecule has 2 aliphatic carbocycles. The number of fused-ring (bicyclic) bond motifs is 1. The molecule has 4 rings (SSSR count). The fourth-order valence-corrected chi connectivity index (χ4v) is 3.97. The normalized spacial score (nSPS) is 23.3. The number of aryl methyl sites for hydroxylation is 1. The number of rotatable bonds is 6. The molecule has 6 heteroatoms. The summed E-state index contributed by atoms with van der Waals surface area (Å²) in [4.78, 5) is 14.8. The Morgan fingerprint density at radius 3 is 2.96 bits per heavy atom. The zero-order valence-corrected chi connectivity index (χ0v) is 15.1. The number of amides is 1. The number of carbonyl (C=O) groups excluding carboxylic acids is 1. The zero-order valence-electron chi connectivity index (χ0n) is 15.1. The van der Waals surface area contributed by atoms with E-state index >= 15 is 0 Å². The summed E-state index contributed by atoms with van der Waals surface area (Å²) < 4.78 is 7.79. The van der Waals surface area contributed by atoms with Crippen LogP contribution in [0.15, 0.2) is 11.6 Å².